The van der Waals surface area contributed by atoms with Crippen LogP contribution in [-0.2, 0) is 12.5 Å². The number of ether oxygens (including phenoxy) is 1. The van der Waals surface area contributed by atoms with E-state index in [1.54, 1.807) is 7.11 Å². The number of halogens is 1. The molecule has 0 saturated heterocycles. The fourth-order valence-electron chi connectivity index (χ4n) is 1.42. The Bertz CT molecular complexity index is 312. The molecule has 0 saturated carbocycles. The smallest absolute Gasteiger partial charge is 0.246 e. The standard InChI is InChI=1S/C9H15IN2O/c1-9(2,3)7-6(10)8(13-5)11-12(7)4/h1-5H3. The van der Waals surface area contributed by atoms with E-state index in [0.29, 0.717) is 5.88 Å². The zero-order valence-electron chi connectivity index (χ0n) is 8.68. The lowest BCUT2D eigenvalue weighted by Gasteiger charge is -2.18. The molecule has 0 atom stereocenters. The molecule has 0 aliphatic carbocycles. The molecule has 0 unspecified atom stereocenters. The van der Waals surface area contributed by atoms with E-state index >= 15 is 0 Å². The van der Waals surface area contributed by atoms with Gasteiger partial charge in [-0.1, -0.05) is 20.8 Å². The first-order valence-electron chi connectivity index (χ1n) is 4.15. The SMILES string of the molecule is COc1nn(C)c(C(C)(C)C)c1I. The molecule has 0 aliphatic rings. The van der Waals surface area contributed by atoms with Crippen LogP contribution in [0.1, 0.15) is 26.5 Å². The molecule has 0 N–H and O–H groups in total. The monoisotopic (exact) mass is 294 g/mol. The van der Waals surface area contributed by atoms with Crippen LogP contribution in [-0.4, -0.2) is 16.9 Å². The van der Waals surface area contributed by atoms with Gasteiger partial charge < -0.3 is 4.74 Å². The summed E-state index contributed by atoms with van der Waals surface area (Å²) in [7, 11) is 3.60. The van der Waals surface area contributed by atoms with Gasteiger partial charge in [-0.25, -0.2) is 0 Å². The van der Waals surface area contributed by atoms with Crippen LogP contribution in [0.3, 0.4) is 0 Å². The Kier molecular flexibility index (Phi) is 2.89. The number of hydrogen-bond acceptors (Lipinski definition) is 2. The van der Waals surface area contributed by atoms with Gasteiger partial charge in [0, 0.05) is 12.5 Å². The van der Waals surface area contributed by atoms with Gasteiger partial charge in [0.1, 0.15) is 0 Å². The van der Waals surface area contributed by atoms with Crippen molar-refractivity contribution >= 4 is 22.6 Å². The molecule has 0 amide bonds. The third-order valence-corrected chi connectivity index (χ3v) is 2.84. The van der Waals surface area contributed by atoms with Crippen molar-refractivity contribution in [2.75, 3.05) is 7.11 Å². The number of methoxy groups -OCH3 is 1. The number of aromatic nitrogens is 2. The molecule has 1 aromatic heterocycles. The van der Waals surface area contributed by atoms with Crippen LogP contribution < -0.4 is 4.74 Å². The van der Waals surface area contributed by atoms with Gasteiger partial charge in [-0.15, -0.1) is 5.10 Å². The molecule has 0 bridgehead atoms. The molecule has 74 valence electrons. The fraction of sp³-hybridized carbons (Fsp3) is 0.667. The van der Waals surface area contributed by atoms with Crippen molar-refractivity contribution in [3.8, 4) is 5.88 Å². The summed E-state index contributed by atoms with van der Waals surface area (Å²) in [5.74, 6) is 0.716. The van der Waals surface area contributed by atoms with E-state index < -0.39 is 0 Å². The molecule has 4 heteroatoms. The lowest BCUT2D eigenvalue weighted by Crippen LogP contribution is -2.17. The van der Waals surface area contributed by atoms with E-state index in [0.717, 1.165) is 3.57 Å². The summed E-state index contributed by atoms with van der Waals surface area (Å²) in [6.07, 6.45) is 0. The van der Waals surface area contributed by atoms with Crippen LogP contribution >= 0.6 is 22.6 Å². The van der Waals surface area contributed by atoms with Gasteiger partial charge in [0.15, 0.2) is 0 Å². The van der Waals surface area contributed by atoms with Gasteiger partial charge in [0.05, 0.1) is 16.4 Å². The molecule has 0 aromatic carbocycles. The maximum absolute atomic E-state index is 5.16. The van der Waals surface area contributed by atoms with Crippen molar-refractivity contribution in [1.29, 1.82) is 0 Å². The molecular weight excluding hydrogens is 279 g/mol. The van der Waals surface area contributed by atoms with Gasteiger partial charge in [0.25, 0.3) is 0 Å². The molecule has 1 aromatic rings. The Hall–Kier alpha value is -0.260. The van der Waals surface area contributed by atoms with Crippen LogP contribution in [0.25, 0.3) is 0 Å². The number of rotatable bonds is 1. The Morgan fingerprint density at radius 3 is 2.15 bits per heavy atom. The molecule has 3 nitrogen and oxygen atoms in total. The number of hydrogen-bond donors (Lipinski definition) is 0. The molecule has 13 heavy (non-hydrogen) atoms. The first-order chi connectivity index (χ1) is 5.88. The summed E-state index contributed by atoms with van der Waals surface area (Å²) in [5.41, 5.74) is 1.32. The predicted octanol–water partition coefficient (Wildman–Crippen LogP) is 2.33. The second kappa shape index (κ2) is 3.48. The van der Waals surface area contributed by atoms with Crippen LogP contribution in [0.2, 0.25) is 0 Å². The van der Waals surface area contributed by atoms with Gasteiger partial charge in [0.2, 0.25) is 5.88 Å². The molecule has 1 rings (SSSR count). The molecule has 0 fully saturated rings. The zero-order chi connectivity index (χ0) is 10.2. The summed E-state index contributed by atoms with van der Waals surface area (Å²) >= 11 is 2.28. The Morgan fingerprint density at radius 2 is 1.92 bits per heavy atom. The van der Waals surface area contributed by atoms with E-state index in [4.69, 9.17) is 4.74 Å². The lowest BCUT2D eigenvalue weighted by molar-refractivity contribution is 0.389. The normalized spacial score (nSPS) is 11.8. The van der Waals surface area contributed by atoms with Crippen molar-refractivity contribution in [3.05, 3.63) is 9.26 Å². The summed E-state index contributed by atoms with van der Waals surface area (Å²) in [6.45, 7) is 6.52. The van der Waals surface area contributed by atoms with Gasteiger partial charge in [-0.2, -0.15) is 0 Å². The first kappa shape index (κ1) is 10.8. The highest BCUT2D eigenvalue weighted by atomic mass is 127. The highest BCUT2D eigenvalue weighted by Gasteiger charge is 2.25. The summed E-state index contributed by atoms with van der Waals surface area (Å²) in [5, 5.41) is 4.28. The maximum atomic E-state index is 5.16. The quantitative estimate of drug-likeness (QED) is 0.743. The van der Waals surface area contributed by atoms with Gasteiger partial charge in [-0.3, -0.25) is 4.68 Å². The van der Waals surface area contributed by atoms with Crippen molar-refractivity contribution in [3.63, 3.8) is 0 Å². The Balaban J connectivity index is 3.29. The van der Waals surface area contributed by atoms with Crippen LogP contribution in [0.15, 0.2) is 0 Å². The minimum Gasteiger partial charge on any atom is -0.479 e. The maximum Gasteiger partial charge on any atom is 0.246 e. The Labute approximate surface area is 92.6 Å². The zero-order valence-corrected chi connectivity index (χ0v) is 10.8. The van der Waals surface area contributed by atoms with E-state index in [1.165, 1.54) is 5.69 Å². The highest BCUT2D eigenvalue weighted by molar-refractivity contribution is 14.1. The second-order valence-electron chi connectivity index (χ2n) is 4.05. The van der Waals surface area contributed by atoms with E-state index in [2.05, 4.69) is 48.5 Å². The second-order valence-corrected chi connectivity index (χ2v) is 5.12. The number of nitrogens with zero attached hydrogens (tertiary/aromatic N) is 2. The van der Waals surface area contributed by atoms with E-state index in [-0.39, 0.29) is 5.41 Å². The van der Waals surface area contributed by atoms with Gasteiger partial charge in [-0.05, 0) is 22.6 Å². The van der Waals surface area contributed by atoms with E-state index in [1.807, 2.05) is 11.7 Å². The Morgan fingerprint density at radius 1 is 1.38 bits per heavy atom. The van der Waals surface area contributed by atoms with Crippen LogP contribution in [0.5, 0.6) is 5.88 Å². The third-order valence-electron chi connectivity index (χ3n) is 1.86. The molecule has 0 aliphatic heterocycles. The van der Waals surface area contributed by atoms with E-state index in [9.17, 15) is 0 Å². The topological polar surface area (TPSA) is 27.1 Å². The van der Waals surface area contributed by atoms with Crippen molar-refractivity contribution in [2.45, 2.75) is 26.2 Å². The first-order valence-corrected chi connectivity index (χ1v) is 5.22. The summed E-state index contributed by atoms with van der Waals surface area (Å²) in [4.78, 5) is 0. The highest BCUT2D eigenvalue weighted by Crippen LogP contribution is 2.31. The summed E-state index contributed by atoms with van der Waals surface area (Å²) < 4.78 is 8.16. The van der Waals surface area contributed by atoms with Crippen LogP contribution in [0.4, 0.5) is 0 Å². The van der Waals surface area contributed by atoms with Crippen molar-refractivity contribution in [1.82, 2.24) is 9.78 Å². The molecule has 0 radical (unpaired) electrons. The largest absolute Gasteiger partial charge is 0.479 e. The average Bonchev–Trinajstić information content (AvgIpc) is 2.24. The molecule has 0 spiro atoms. The van der Waals surface area contributed by atoms with Crippen molar-refractivity contribution < 1.29 is 4.74 Å². The minimum absolute atomic E-state index is 0.106. The predicted molar refractivity (Wildman–Crippen MR) is 61.2 cm³/mol. The average molecular weight is 294 g/mol. The number of aryl methyl sites for hydroxylation is 1. The van der Waals surface area contributed by atoms with Gasteiger partial charge >= 0.3 is 0 Å². The fourth-order valence-corrected chi connectivity index (χ4v) is 2.90. The minimum atomic E-state index is 0.106. The van der Waals surface area contributed by atoms with Crippen LogP contribution in [0, 0.1) is 3.57 Å². The lowest BCUT2D eigenvalue weighted by atomic mass is 9.92. The molecular formula is C9H15IN2O. The molecule has 1 heterocycles. The summed E-state index contributed by atoms with van der Waals surface area (Å²) in [6, 6.07) is 0. The third kappa shape index (κ3) is 1.98. The van der Waals surface area contributed by atoms with Crippen molar-refractivity contribution in [2.24, 2.45) is 7.05 Å².